The average molecular weight is 524 g/mol. The average Bonchev–Trinajstić information content (AvgIpc) is 2.79. The van der Waals surface area contributed by atoms with Crippen LogP contribution in [0.3, 0.4) is 0 Å². The maximum Gasteiger partial charge on any atom is 0.193 e. The zero-order valence-corrected chi connectivity index (χ0v) is 20.2. The molecule has 1 fully saturated rings. The van der Waals surface area contributed by atoms with Crippen LogP contribution in [0.5, 0.6) is 5.75 Å². The number of piperazine rings is 1. The number of aromatic nitrogens is 1. The zero-order chi connectivity index (χ0) is 20.3. The van der Waals surface area contributed by atoms with Crippen LogP contribution in [-0.2, 0) is 0 Å². The van der Waals surface area contributed by atoms with Gasteiger partial charge in [0.1, 0.15) is 11.6 Å². The molecule has 0 radical (unpaired) electrons. The van der Waals surface area contributed by atoms with Gasteiger partial charge in [0.25, 0.3) is 0 Å². The first-order valence-corrected chi connectivity index (χ1v) is 10.3. The van der Waals surface area contributed by atoms with Crippen LogP contribution in [0.1, 0.15) is 12.8 Å². The molecule has 3 rings (SSSR count). The fourth-order valence-electron chi connectivity index (χ4n) is 3.44. The number of ether oxygens (including phenoxy) is 1. The maximum absolute atomic E-state index is 5.25. The largest absolute Gasteiger partial charge is 0.497 e. The molecule has 1 aliphatic rings. The molecule has 0 amide bonds. The van der Waals surface area contributed by atoms with Gasteiger partial charge in [0.2, 0.25) is 0 Å². The minimum Gasteiger partial charge on any atom is -0.497 e. The first kappa shape index (κ1) is 24.0. The number of nitrogens with one attached hydrogen (secondary N) is 2. The van der Waals surface area contributed by atoms with E-state index in [1.54, 1.807) is 7.11 Å². The summed E-state index contributed by atoms with van der Waals surface area (Å²) in [6.45, 7) is 5.76. The van der Waals surface area contributed by atoms with E-state index in [1.807, 2.05) is 43.6 Å². The molecule has 0 spiro atoms. The molecule has 1 aromatic heterocycles. The topological polar surface area (TPSA) is 65.0 Å². The van der Waals surface area contributed by atoms with Gasteiger partial charge in [0.15, 0.2) is 5.96 Å². The maximum atomic E-state index is 5.25. The van der Waals surface area contributed by atoms with E-state index in [2.05, 4.69) is 42.5 Å². The highest BCUT2D eigenvalue weighted by Crippen LogP contribution is 2.20. The van der Waals surface area contributed by atoms with Crippen LogP contribution >= 0.6 is 24.0 Å². The van der Waals surface area contributed by atoms with E-state index in [1.165, 1.54) is 5.69 Å². The Labute approximate surface area is 196 Å². The van der Waals surface area contributed by atoms with Gasteiger partial charge in [-0.25, -0.2) is 4.98 Å². The summed E-state index contributed by atoms with van der Waals surface area (Å²) in [6, 6.07) is 14.2. The number of benzene rings is 1. The predicted octanol–water partition coefficient (Wildman–Crippen LogP) is 3.30. The number of methoxy groups -OCH3 is 1. The lowest BCUT2D eigenvalue weighted by Crippen LogP contribution is -2.52. The molecule has 2 aromatic rings. The summed E-state index contributed by atoms with van der Waals surface area (Å²) in [4.78, 5) is 13.5. The summed E-state index contributed by atoms with van der Waals surface area (Å²) >= 11 is 0. The van der Waals surface area contributed by atoms with Crippen molar-refractivity contribution in [2.24, 2.45) is 4.99 Å². The highest BCUT2D eigenvalue weighted by molar-refractivity contribution is 14.0. The Morgan fingerprint density at radius 1 is 1.03 bits per heavy atom. The van der Waals surface area contributed by atoms with Crippen LogP contribution in [0.4, 0.5) is 11.5 Å². The van der Waals surface area contributed by atoms with Crippen molar-refractivity contribution in [1.82, 2.24) is 15.2 Å². The molecule has 0 unspecified atom stereocenters. The SMILES string of the molecule is CN=C(NCCCCNc1ccccn1)N1CCN(c2ccc(OC)cc2)CC1.I. The molecule has 2 heterocycles. The lowest BCUT2D eigenvalue weighted by atomic mass is 10.2. The van der Waals surface area contributed by atoms with Crippen LogP contribution in [0.15, 0.2) is 53.7 Å². The summed E-state index contributed by atoms with van der Waals surface area (Å²) in [5.41, 5.74) is 1.24. The van der Waals surface area contributed by atoms with Crippen molar-refractivity contribution in [3.05, 3.63) is 48.7 Å². The number of hydrogen-bond acceptors (Lipinski definition) is 5. The van der Waals surface area contributed by atoms with Crippen molar-refractivity contribution in [3.8, 4) is 5.75 Å². The minimum atomic E-state index is 0. The number of aliphatic imine (C=N–C) groups is 1. The van der Waals surface area contributed by atoms with Gasteiger partial charge >= 0.3 is 0 Å². The van der Waals surface area contributed by atoms with Crippen molar-refractivity contribution in [1.29, 1.82) is 0 Å². The Bertz CT molecular complexity index is 748. The summed E-state index contributed by atoms with van der Waals surface area (Å²) in [5.74, 6) is 2.83. The molecule has 2 N–H and O–H groups in total. The number of halogens is 1. The molecule has 0 aliphatic carbocycles. The van der Waals surface area contributed by atoms with E-state index in [4.69, 9.17) is 4.74 Å². The van der Waals surface area contributed by atoms with Crippen molar-refractivity contribution in [2.75, 3.05) is 63.6 Å². The lowest BCUT2D eigenvalue weighted by molar-refractivity contribution is 0.372. The van der Waals surface area contributed by atoms with Crippen LogP contribution < -0.4 is 20.3 Å². The number of guanidine groups is 1. The summed E-state index contributed by atoms with van der Waals surface area (Å²) in [6.07, 6.45) is 3.98. The molecule has 8 heteroatoms. The zero-order valence-electron chi connectivity index (χ0n) is 17.9. The quantitative estimate of drug-likeness (QED) is 0.239. The molecule has 0 bridgehead atoms. The fraction of sp³-hybridized carbons (Fsp3) is 0.455. The van der Waals surface area contributed by atoms with Gasteiger partial charge in [-0.2, -0.15) is 0 Å². The molecule has 1 saturated heterocycles. The molecule has 7 nitrogen and oxygen atoms in total. The fourth-order valence-corrected chi connectivity index (χ4v) is 3.44. The van der Waals surface area contributed by atoms with Crippen LogP contribution in [0.2, 0.25) is 0 Å². The molecule has 1 aromatic carbocycles. The van der Waals surface area contributed by atoms with Crippen molar-refractivity contribution < 1.29 is 4.74 Å². The number of nitrogens with zero attached hydrogens (tertiary/aromatic N) is 4. The summed E-state index contributed by atoms with van der Waals surface area (Å²) < 4.78 is 5.25. The van der Waals surface area contributed by atoms with Crippen LogP contribution in [-0.4, -0.2) is 69.3 Å². The Morgan fingerprint density at radius 3 is 2.40 bits per heavy atom. The molecule has 1 aliphatic heterocycles. The van der Waals surface area contributed by atoms with Crippen molar-refractivity contribution >= 4 is 41.4 Å². The van der Waals surface area contributed by atoms with E-state index in [-0.39, 0.29) is 24.0 Å². The summed E-state index contributed by atoms with van der Waals surface area (Å²) in [7, 11) is 3.56. The second-order valence-electron chi connectivity index (χ2n) is 6.99. The van der Waals surface area contributed by atoms with Crippen LogP contribution in [0, 0.1) is 0 Å². The Morgan fingerprint density at radius 2 is 1.77 bits per heavy atom. The normalized spacial score (nSPS) is 14.1. The Hall–Kier alpha value is -2.23. The van der Waals surface area contributed by atoms with E-state index in [0.29, 0.717) is 0 Å². The van der Waals surface area contributed by atoms with E-state index >= 15 is 0 Å². The number of anilines is 2. The van der Waals surface area contributed by atoms with Crippen molar-refractivity contribution in [2.45, 2.75) is 12.8 Å². The highest BCUT2D eigenvalue weighted by atomic mass is 127. The van der Waals surface area contributed by atoms with Gasteiger partial charge in [-0.3, -0.25) is 4.99 Å². The molecule has 164 valence electrons. The second kappa shape index (κ2) is 13.1. The number of hydrogen-bond donors (Lipinski definition) is 2. The first-order chi connectivity index (χ1) is 14.3. The molecular formula is C22H33IN6O. The predicted molar refractivity (Wildman–Crippen MR) is 136 cm³/mol. The number of unbranched alkanes of at least 4 members (excludes halogenated alkanes) is 1. The van der Waals surface area contributed by atoms with Gasteiger partial charge in [0, 0.05) is 58.2 Å². The molecular weight excluding hydrogens is 491 g/mol. The monoisotopic (exact) mass is 524 g/mol. The molecule has 0 atom stereocenters. The van der Waals surface area contributed by atoms with E-state index in [9.17, 15) is 0 Å². The smallest absolute Gasteiger partial charge is 0.193 e. The first-order valence-electron chi connectivity index (χ1n) is 10.3. The number of pyridine rings is 1. The van der Waals surface area contributed by atoms with Gasteiger partial charge in [-0.1, -0.05) is 6.07 Å². The molecule has 30 heavy (non-hydrogen) atoms. The second-order valence-corrected chi connectivity index (χ2v) is 6.99. The van der Waals surface area contributed by atoms with Gasteiger partial charge < -0.3 is 25.2 Å². The highest BCUT2D eigenvalue weighted by Gasteiger charge is 2.19. The lowest BCUT2D eigenvalue weighted by Gasteiger charge is -2.37. The van der Waals surface area contributed by atoms with E-state index < -0.39 is 0 Å². The van der Waals surface area contributed by atoms with E-state index in [0.717, 1.165) is 69.6 Å². The Kier molecular flexibility index (Phi) is 10.5. The van der Waals surface area contributed by atoms with Gasteiger partial charge in [-0.05, 0) is 49.2 Å². The van der Waals surface area contributed by atoms with Crippen LogP contribution in [0.25, 0.3) is 0 Å². The third-order valence-electron chi connectivity index (χ3n) is 5.09. The third kappa shape index (κ3) is 7.23. The number of rotatable bonds is 8. The Balaban J connectivity index is 0.00000320. The van der Waals surface area contributed by atoms with Gasteiger partial charge in [-0.15, -0.1) is 24.0 Å². The minimum absolute atomic E-state index is 0. The third-order valence-corrected chi connectivity index (χ3v) is 5.09. The standard InChI is InChI=1S/C22H32N6O.HI/c1-23-22(26-14-6-5-13-25-21-7-3-4-12-24-21)28-17-15-27(16-18-28)19-8-10-20(29-2)11-9-19;/h3-4,7-12H,5-6,13-18H2,1-2H3,(H,23,26)(H,24,25);1H. The van der Waals surface area contributed by atoms with Gasteiger partial charge in [0.05, 0.1) is 7.11 Å². The van der Waals surface area contributed by atoms with Crippen molar-refractivity contribution in [3.63, 3.8) is 0 Å². The molecule has 0 saturated carbocycles. The summed E-state index contributed by atoms with van der Waals surface area (Å²) in [5, 5.41) is 6.85.